The summed E-state index contributed by atoms with van der Waals surface area (Å²) < 4.78 is 11.3. The molecule has 3 aromatic rings. The van der Waals surface area contributed by atoms with Gasteiger partial charge in [0.1, 0.15) is 0 Å². The lowest BCUT2D eigenvalue weighted by Gasteiger charge is -2.10. The Kier molecular flexibility index (Phi) is 8.07. The Labute approximate surface area is 199 Å². The minimum atomic E-state index is -0.645. The number of carbonyl (C=O) groups excluding carboxylic acids is 3. The van der Waals surface area contributed by atoms with Crippen molar-refractivity contribution in [2.75, 3.05) is 25.3 Å². The Bertz CT molecular complexity index is 1160. The first-order chi connectivity index (χ1) is 15.9. The van der Waals surface area contributed by atoms with Crippen LogP contribution in [0.4, 0.5) is 5.69 Å². The third-order valence-electron chi connectivity index (χ3n) is 4.54. The van der Waals surface area contributed by atoms with Crippen LogP contribution < -0.4 is 5.32 Å². The van der Waals surface area contributed by atoms with Gasteiger partial charge in [-0.15, -0.1) is 10.2 Å². The number of rotatable bonds is 8. The number of thioether (sulfide) groups is 1. The van der Waals surface area contributed by atoms with E-state index in [9.17, 15) is 14.4 Å². The number of benzene rings is 2. The van der Waals surface area contributed by atoms with Crippen LogP contribution in [0.5, 0.6) is 0 Å². The summed E-state index contributed by atoms with van der Waals surface area (Å²) in [5.74, 6) is -1.01. The number of carbonyl (C=O) groups is 3. The highest BCUT2D eigenvalue weighted by Crippen LogP contribution is 2.29. The fourth-order valence-corrected chi connectivity index (χ4v) is 4.04. The third kappa shape index (κ3) is 5.71. The van der Waals surface area contributed by atoms with E-state index in [2.05, 4.69) is 15.5 Å². The molecule has 0 fully saturated rings. The second-order valence-electron chi connectivity index (χ2n) is 6.65. The number of methoxy groups -OCH3 is 2. The van der Waals surface area contributed by atoms with Crippen molar-refractivity contribution in [3.8, 4) is 11.4 Å². The molecule has 0 radical (unpaired) electrons. The Hall–Kier alpha value is -3.37. The van der Waals surface area contributed by atoms with Crippen LogP contribution in [0.1, 0.15) is 27.6 Å². The molecule has 172 valence electrons. The summed E-state index contributed by atoms with van der Waals surface area (Å²) in [6.07, 6.45) is 0. The normalized spacial score (nSPS) is 10.5. The van der Waals surface area contributed by atoms with E-state index in [1.165, 1.54) is 44.2 Å². The highest BCUT2D eigenvalue weighted by Gasteiger charge is 2.18. The predicted octanol–water partition coefficient (Wildman–Crippen LogP) is 3.92. The van der Waals surface area contributed by atoms with E-state index < -0.39 is 11.9 Å². The molecule has 0 aliphatic rings. The average Bonchev–Trinajstić information content (AvgIpc) is 3.24. The van der Waals surface area contributed by atoms with Gasteiger partial charge >= 0.3 is 11.9 Å². The lowest BCUT2D eigenvalue weighted by molar-refractivity contribution is -0.113. The number of halogens is 1. The summed E-state index contributed by atoms with van der Waals surface area (Å²) in [4.78, 5) is 36.4. The maximum Gasteiger partial charge on any atom is 0.337 e. The molecule has 0 saturated heterocycles. The molecule has 0 aliphatic heterocycles. The Morgan fingerprint density at radius 3 is 2.24 bits per heavy atom. The van der Waals surface area contributed by atoms with Crippen LogP contribution in [0.3, 0.4) is 0 Å². The smallest absolute Gasteiger partial charge is 0.337 e. The van der Waals surface area contributed by atoms with Crippen LogP contribution >= 0.6 is 23.4 Å². The maximum atomic E-state index is 12.6. The first-order valence-electron chi connectivity index (χ1n) is 9.80. The van der Waals surface area contributed by atoms with Gasteiger partial charge in [0.25, 0.3) is 0 Å². The van der Waals surface area contributed by atoms with Crippen LogP contribution in [0.25, 0.3) is 11.4 Å². The molecule has 0 spiro atoms. The molecule has 0 saturated carbocycles. The number of hydrogen-bond acceptors (Lipinski definition) is 8. The standard InChI is InChI=1S/C22H21ClN4O5S/c1-4-27-19(16-7-5-6-8-17(16)23)25-26-22(27)33-12-18(28)24-15-10-13(20(29)31-2)9-14(11-15)21(30)32-3/h5-11H,4,12H2,1-3H3,(H,24,28). The van der Waals surface area contributed by atoms with Crippen LogP contribution in [-0.4, -0.2) is 52.6 Å². The largest absolute Gasteiger partial charge is 0.465 e. The summed E-state index contributed by atoms with van der Waals surface area (Å²) in [6.45, 7) is 2.53. The minimum absolute atomic E-state index is 0.0245. The lowest BCUT2D eigenvalue weighted by atomic mass is 10.1. The number of amides is 1. The van der Waals surface area contributed by atoms with E-state index in [0.717, 1.165) is 5.56 Å². The van der Waals surface area contributed by atoms with Crippen LogP contribution in [0.2, 0.25) is 5.02 Å². The van der Waals surface area contributed by atoms with Crippen molar-refractivity contribution >= 4 is 46.9 Å². The summed E-state index contributed by atoms with van der Waals surface area (Å²) in [5, 5.41) is 12.2. The van der Waals surface area contributed by atoms with Crippen molar-refractivity contribution in [3.63, 3.8) is 0 Å². The number of aromatic nitrogens is 3. The molecule has 33 heavy (non-hydrogen) atoms. The van der Waals surface area contributed by atoms with E-state index >= 15 is 0 Å². The number of anilines is 1. The summed E-state index contributed by atoms with van der Waals surface area (Å²) >= 11 is 7.49. The van der Waals surface area contributed by atoms with Crippen molar-refractivity contribution < 1.29 is 23.9 Å². The van der Waals surface area contributed by atoms with Crippen molar-refractivity contribution in [1.29, 1.82) is 0 Å². The maximum absolute atomic E-state index is 12.6. The van der Waals surface area contributed by atoms with Gasteiger partial charge in [0.15, 0.2) is 11.0 Å². The van der Waals surface area contributed by atoms with E-state index in [1.807, 2.05) is 29.7 Å². The predicted molar refractivity (Wildman–Crippen MR) is 125 cm³/mol. The van der Waals surface area contributed by atoms with Gasteiger partial charge in [0, 0.05) is 17.8 Å². The zero-order chi connectivity index (χ0) is 24.0. The first-order valence-corrected chi connectivity index (χ1v) is 11.2. The minimum Gasteiger partial charge on any atom is -0.465 e. The number of esters is 2. The first kappa shape index (κ1) is 24.3. The van der Waals surface area contributed by atoms with Gasteiger partial charge in [-0.05, 0) is 37.3 Å². The fourth-order valence-electron chi connectivity index (χ4n) is 3.02. The van der Waals surface area contributed by atoms with Gasteiger partial charge in [-0.25, -0.2) is 9.59 Å². The SMILES string of the molecule is CCn1c(SCC(=O)Nc2cc(C(=O)OC)cc(C(=O)OC)c2)nnc1-c1ccccc1Cl. The van der Waals surface area contributed by atoms with E-state index in [4.69, 9.17) is 21.1 Å². The molecular formula is C22H21ClN4O5S. The zero-order valence-corrected chi connectivity index (χ0v) is 19.7. The molecule has 1 aromatic heterocycles. The lowest BCUT2D eigenvalue weighted by Crippen LogP contribution is -2.16. The van der Waals surface area contributed by atoms with Crippen LogP contribution in [0, 0.1) is 0 Å². The fraction of sp³-hybridized carbons (Fsp3) is 0.227. The van der Waals surface area contributed by atoms with Crippen LogP contribution in [0.15, 0.2) is 47.6 Å². The van der Waals surface area contributed by atoms with Gasteiger partial charge in [0.05, 0.1) is 36.1 Å². The zero-order valence-electron chi connectivity index (χ0n) is 18.1. The highest BCUT2D eigenvalue weighted by molar-refractivity contribution is 7.99. The monoisotopic (exact) mass is 488 g/mol. The number of ether oxygens (including phenoxy) is 2. The molecule has 0 atom stereocenters. The second-order valence-corrected chi connectivity index (χ2v) is 8.00. The number of nitrogens with zero attached hydrogens (tertiary/aromatic N) is 3. The van der Waals surface area contributed by atoms with Crippen molar-refractivity contribution in [1.82, 2.24) is 14.8 Å². The van der Waals surface area contributed by atoms with Gasteiger partial charge in [-0.2, -0.15) is 0 Å². The summed E-state index contributed by atoms with van der Waals surface area (Å²) in [6, 6.07) is 11.5. The van der Waals surface area contributed by atoms with Crippen molar-refractivity contribution in [3.05, 3.63) is 58.6 Å². The van der Waals surface area contributed by atoms with Gasteiger partial charge in [0.2, 0.25) is 5.91 Å². The molecule has 0 unspecified atom stereocenters. The third-order valence-corrected chi connectivity index (χ3v) is 5.84. The summed E-state index contributed by atoms with van der Waals surface area (Å²) in [7, 11) is 2.45. The molecule has 3 rings (SSSR count). The van der Waals surface area contributed by atoms with E-state index in [1.54, 1.807) is 6.07 Å². The Balaban J connectivity index is 1.75. The Morgan fingerprint density at radius 1 is 1.03 bits per heavy atom. The Morgan fingerprint density at radius 2 is 1.67 bits per heavy atom. The van der Waals surface area contributed by atoms with Gasteiger partial charge in [-0.3, -0.25) is 4.79 Å². The molecule has 2 aromatic carbocycles. The molecule has 11 heteroatoms. The van der Waals surface area contributed by atoms with Gasteiger partial charge < -0.3 is 19.4 Å². The van der Waals surface area contributed by atoms with E-state index in [-0.39, 0.29) is 28.5 Å². The second kappa shape index (κ2) is 11.0. The molecule has 1 amide bonds. The number of hydrogen-bond donors (Lipinski definition) is 1. The average molecular weight is 489 g/mol. The summed E-state index contributed by atoms with van der Waals surface area (Å²) in [5.41, 5.74) is 1.23. The molecule has 1 heterocycles. The van der Waals surface area contributed by atoms with Crippen molar-refractivity contribution in [2.45, 2.75) is 18.6 Å². The topological polar surface area (TPSA) is 112 Å². The highest BCUT2D eigenvalue weighted by atomic mass is 35.5. The molecular weight excluding hydrogens is 468 g/mol. The molecule has 1 N–H and O–H groups in total. The van der Waals surface area contributed by atoms with E-state index in [0.29, 0.717) is 22.5 Å². The van der Waals surface area contributed by atoms with Crippen LogP contribution in [-0.2, 0) is 20.8 Å². The molecule has 9 nitrogen and oxygen atoms in total. The molecule has 0 bridgehead atoms. The molecule has 0 aliphatic carbocycles. The van der Waals surface area contributed by atoms with Crippen molar-refractivity contribution in [2.24, 2.45) is 0 Å². The quantitative estimate of drug-likeness (QED) is 0.375. The van der Waals surface area contributed by atoms with Gasteiger partial charge in [-0.1, -0.05) is 35.5 Å². The number of nitrogens with one attached hydrogen (secondary N) is 1.